The molecule has 0 fully saturated rings. The summed E-state index contributed by atoms with van der Waals surface area (Å²) in [6.07, 6.45) is 1.73. The van der Waals surface area contributed by atoms with Gasteiger partial charge in [-0.2, -0.15) is 0 Å². The second-order valence-electron chi connectivity index (χ2n) is 5.58. The van der Waals surface area contributed by atoms with Crippen molar-refractivity contribution in [2.45, 2.75) is 32.7 Å². The molecule has 0 saturated heterocycles. The maximum Gasteiger partial charge on any atom is 0.223 e. The minimum absolute atomic E-state index is 0.186. The Morgan fingerprint density at radius 3 is 2.18 bits per heavy atom. The van der Waals surface area contributed by atoms with Crippen molar-refractivity contribution in [3.8, 4) is 0 Å². The summed E-state index contributed by atoms with van der Waals surface area (Å²) in [5, 5.41) is 3.48. The molecule has 0 aliphatic rings. The smallest absolute Gasteiger partial charge is 0.223 e. The molecule has 0 aromatic rings. The van der Waals surface area contributed by atoms with Gasteiger partial charge >= 0.3 is 0 Å². The molecule has 0 saturated carbocycles. The molecule has 0 aliphatic heterocycles. The van der Waals surface area contributed by atoms with Crippen LogP contribution < -0.4 is 5.32 Å². The van der Waals surface area contributed by atoms with Gasteiger partial charge in [0.1, 0.15) is 0 Å². The highest BCUT2D eigenvalue weighted by Crippen LogP contribution is 2.05. The van der Waals surface area contributed by atoms with Crippen LogP contribution in [0.15, 0.2) is 0 Å². The average Bonchev–Trinajstić information content (AvgIpc) is 2.14. The summed E-state index contributed by atoms with van der Waals surface area (Å²) in [6, 6.07) is 0.472. The molecule has 0 radical (unpaired) electrons. The van der Waals surface area contributed by atoms with E-state index in [1.54, 1.807) is 19.0 Å². The van der Waals surface area contributed by atoms with Gasteiger partial charge in [-0.25, -0.2) is 0 Å². The monoisotopic (exact) mass is 243 g/mol. The molecule has 0 rings (SSSR count). The quantitative estimate of drug-likeness (QED) is 0.692. The molecule has 0 bridgehead atoms. The van der Waals surface area contributed by atoms with Gasteiger partial charge in [0.2, 0.25) is 5.91 Å². The van der Waals surface area contributed by atoms with E-state index >= 15 is 0 Å². The van der Waals surface area contributed by atoms with E-state index in [0.29, 0.717) is 18.4 Å². The summed E-state index contributed by atoms with van der Waals surface area (Å²) in [6.45, 7) is 6.25. The Hall–Kier alpha value is -0.610. The lowest BCUT2D eigenvalue weighted by atomic mass is 10.0. The van der Waals surface area contributed by atoms with Crippen molar-refractivity contribution >= 4 is 5.91 Å². The van der Waals surface area contributed by atoms with Crippen molar-refractivity contribution in [2.75, 3.05) is 41.3 Å². The topological polar surface area (TPSA) is 35.6 Å². The second-order valence-corrected chi connectivity index (χ2v) is 5.58. The van der Waals surface area contributed by atoms with Crippen LogP contribution in [0.5, 0.6) is 0 Å². The van der Waals surface area contributed by atoms with Gasteiger partial charge in [0.25, 0.3) is 0 Å². The van der Waals surface area contributed by atoms with Crippen molar-refractivity contribution in [2.24, 2.45) is 5.92 Å². The second kappa shape index (κ2) is 8.48. The third-order valence-electron chi connectivity index (χ3n) is 2.61. The molecule has 1 unspecified atom stereocenters. The SMILES string of the molecule is CC(C)CC(CN(C)C)NCCC(=O)N(C)C. The lowest BCUT2D eigenvalue weighted by molar-refractivity contribution is -0.128. The zero-order valence-electron chi connectivity index (χ0n) is 12.3. The summed E-state index contributed by atoms with van der Waals surface area (Å²) in [5.74, 6) is 0.864. The van der Waals surface area contributed by atoms with E-state index in [4.69, 9.17) is 0 Å². The average molecular weight is 243 g/mol. The number of nitrogens with one attached hydrogen (secondary N) is 1. The third-order valence-corrected chi connectivity index (χ3v) is 2.61. The number of carbonyl (C=O) groups excluding carboxylic acids is 1. The summed E-state index contributed by atoms with van der Waals surface area (Å²) in [7, 11) is 7.77. The first-order valence-electron chi connectivity index (χ1n) is 6.41. The summed E-state index contributed by atoms with van der Waals surface area (Å²) >= 11 is 0. The Labute approximate surface area is 106 Å². The Bertz CT molecular complexity index is 205. The number of hydrogen-bond donors (Lipinski definition) is 1. The van der Waals surface area contributed by atoms with Crippen LogP contribution in [0, 0.1) is 5.92 Å². The lowest BCUT2D eigenvalue weighted by Crippen LogP contribution is -2.40. The van der Waals surface area contributed by atoms with Gasteiger partial charge in [0.05, 0.1) is 0 Å². The maximum absolute atomic E-state index is 11.4. The molecular formula is C13H29N3O. The van der Waals surface area contributed by atoms with Crippen molar-refractivity contribution in [3.63, 3.8) is 0 Å². The van der Waals surface area contributed by atoms with Crippen LogP contribution in [0.25, 0.3) is 0 Å². The molecule has 4 nitrogen and oxygen atoms in total. The highest BCUT2D eigenvalue weighted by Gasteiger charge is 2.12. The van der Waals surface area contributed by atoms with Gasteiger partial charge in [-0.05, 0) is 26.4 Å². The Balaban J connectivity index is 3.94. The van der Waals surface area contributed by atoms with Crippen molar-refractivity contribution in [1.82, 2.24) is 15.1 Å². The van der Waals surface area contributed by atoms with E-state index in [0.717, 1.165) is 19.5 Å². The molecule has 0 spiro atoms. The van der Waals surface area contributed by atoms with Gasteiger partial charge in [0, 0.05) is 39.6 Å². The minimum atomic E-state index is 0.186. The van der Waals surface area contributed by atoms with Gasteiger partial charge in [-0.15, -0.1) is 0 Å². The van der Waals surface area contributed by atoms with Crippen LogP contribution in [0.3, 0.4) is 0 Å². The van der Waals surface area contributed by atoms with Crippen LogP contribution in [-0.4, -0.2) is 63.0 Å². The van der Waals surface area contributed by atoms with Crippen LogP contribution in [0.1, 0.15) is 26.7 Å². The maximum atomic E-state index is 11.4. The normalized spacial score (nSPS) is 13.2. The summed E-state index contributed by atoms with van der Waals surface area (Å²) < 4.78 is 0. The van der Waals surface area contributed by atoms with E-state index in [-0.39, 0.29) is 5.91 Å². The predicted molar refractivity (Wildman–Crippen MR) is 73.1 cm³/mol. The third kappa shape index (κ3) is 9.12. The van der Waals surface area contributed by atoms with E-state index in [9.17, 15) is 4.79 Å². The zero-order valence-corrected chi connectivity index (χ0v) is 12.3. The van der Waals surface area contributed by atoms with Crippen molar-refractivity contribution < 1.29 is 4.79 Å². The first kappa shape index (κ1) is 16.4. The van der Waals surface area contributed by atoms with Crippen LogP contribution in [0.4, 0.5) is 0 Å². The van der Waals surface area contributed by atoms with E-state index < -0.39 is 0 Å². The Morgan fingerprint density at radius 1 is 1.18 bits per heavy atom. The fourth-order valence-corrected chi connectivity index (χ4v) is 1.84. The van der Waals surface area contributed by atoms with Gasteiger partial charge in [-0.3, -0.25) is 4.79 Å². The fraction of sp³-hybridized carbons (Fsp3) is 0.923. The zero-order chi connectivity index (χ0) is 13.4. The Morgan fingerprint density at radius 2 is 1.76 bits per heavy atom. The Kier molecular flexibility index (Phi) is 8.17. The molecule has 1 N–H and O–H groups in total. The van der Waals surface area contributed by atoms with Crippen molar-refractivity contribution in [3.05, 3.63) is 0 Å². The molecule has 17 heavy (non-hydrogen) atoms. The van der Waals surface area contributed by atoms with E-state index in [2.05, 4.69) is 38.2 Å². The van der Waals surface area contributed by atoms with Gasteiger partial charge in [-0.1, -0.05) is 13.8 Å². The van der Waals surface area contributed by atoms with Gasteiger partial charge < -0.3 is 15.1 Å². The first-order valence-corrected chi connectivity index (χ1v) is 6.41. The number of rotatable bonds is 8. The number of carbonyl (C=O) groups is 1. The molecule has 4 heteroatoms. The fourth-order valence-electron chi connectivity index (χ4n) is 1.84. The number of likely N-dealkylation sites (N-methyl/N-ethyl adjacent to an activating group) is 1. The molecule has 102 valence electrons. The highest BCUT2D eigenvalue weighted by molar-refractivity contribution is 5.75. The first-order chi connectivity index (χ1) is 7.82. The lowest BCUT2D eigenvalue weighted by Gasteiger charge is -2.24. The minimum Gasteiger partial charge on any atom is -0.349 e. The molecule has 0 aliphatic carbocycles. The largest absolute Gasteiger partial charge is 0.349 e. The van der Waals surface area contributed by atoms with Crippen molar-refractivity contribution in [1.29, 1.82) is 0 Å². The number of hydrogen-bond acceptors (Lipinski definition) is 3. The summed E-state index contributed by atoms with van der Waals surface area (Å²) in [4.78, 5) is 15.3. The molecule has 0 aromatic carbocycles. The van der Waals surface area contributed by atoms with Crippen LogP contribution in [0.2, 0.25) is 0 Å². The highest BCUT2D eigenvalue weighted by atomic mass is 16.2. The van der Waals surface area contributed by atoms with Crippen LogP contribution >= 0.6 is 0 Å². The number of amides is 1. The summed E-state index contributed by atoms with van der Waals surface area (Å²) in [5.41, 5.74) is 0. The van der Waals surface area contributed by atoms with E-state index in [1.165, 1.54) is 0 Å². The predicted octanol–water partition coefficient (Wildman–Crippen LogP) is 1.03. The standard InChI is InChI=1S/C13H29N3O/c1-11(2)9-12(10-15(3)4)14-8-7-13(17)16(5)6/h11-12,14H,7-10H2,1-6H3. The molecular weight excluding hydrogens is 214 g/mol. The molecule has 1 atom stereocenters. The van der Waals surface area contributed by atoms with Crippen LogP contribution in [-0.2, 0) is 4.79 Å². The molecule has 0 aromatic heterocycles. The molecule has 0 heterocycles. The molecule has 1 amide bonds. The number of nitrogens with zero attached hydrogens (tertiary/aromatic N) is 2. The van der Waals surface area contributed by atoms with E-state index in [1.807, 2.05) is 0 Å². The van der Waals surface area contributed by atoms with Gasteiger partial charge in [0.15, 0.2) is 0 Å².